The lowest BCUT2D eigenvalue weighted by Gasteiger charge is -2.12. The number of thioether (sulfide) groups is 1. The van der Waals surface area contributed by atoms with Crippen molar-refractivity contribution in [1.82, 2.24) is 15.1 Å². The zero-order valence-electron chi connectivity index (χ0n) is 18.1. The van der Waals surface area contributed by atoms with Crippen molar-refractivity contribution in [2.75, 3.05) is 5.32 Å². The Hall–Kier alpha value is -3.26. The number of hydrogen-bond acceptors (Lipinski definition) is 5. The fraction of sp³-hybridized carbons (Fsp3) is 0.292. The molecule has 1 aliphatic rings. The zero-order chi connectivity index (χ0) is 22.5. The summed E-state index contributed by atoms with van der Waals surface area (Å²) in [6.45, 7) is 4.40. The van der Waals surface area contributed by atoms with Gasteiger partial charge in [0.15, 0.2) is 0 Å². The largest absolute Gasteiger partial charge is 0.491 e. The van der Waals surface area contributed by atoms with E-state index in [0.29, 0.717) is 23.7 Å². The van der Waals surface area contributed by atoms with Gasteiger partial charge in [0.25, 0.3) is 5.91 Å². The summed E-state index contributed by atoms with van der Waals surface area (Å²) >= 11 is 1.75. The van der Waals surface area contributed by atoms with E-state index in [2.05, 4.69) is 15.7 Å². The van der Waals surface area contributed by atoms with Crippen molar-refractivity contribution in [2.24, 2.45) is 0 Å². The van der Waals surface area contributed by atoms with Crippen molar-refractivity contribution in [3.05, 3.63) is 77.0 Å². The van der Waals surface area contributed by atoms with Crippen LogP contribution in [0.1, 0.15) is 41.0 Å². The molecule has 0 spiro atoms. The summed E-state index contributed by atoms with van der Waals surface area (Å²) in [6, 6.07) is 16.8. The molecule has 2 heterocycles. The first kappa shape index (κ1) is 22.0. The Morgan fingerprint density at radius 1 is 1.09 bits per heavy atom. The molecule has 0 fully saturated rings. The van der Waals surface area contributed by atoms with Crippen molar-refractivity contribution in [3.63, 3.8) is 0 Å². The highest BCUT2D eigenvalue weighted by Crippen LogP contribution is 2.35. The van der Waals surface area contributed by atoms with E-state index < -0.39 is 0 Å². The molecule has 2 amide bonds. The lowest BCUT2D eigenvalue weighted by molar-refractivity contribution is -0.122. The summed E-state index contributed by atoms with van der Waals surface area (Å²) in [4.78, 5) is 25.4. The quantitative estimate of drug-likeness (QED) is 0.542. The fourth-order valence-electron chi connectivity index (χ4n) is 3.45. The summed E-state index contributed by atoms with van der Waals surface area (Å²) in [6.07, 6.45) is 0.0668. The molecule has 0 aliphatic carbocycles. The molecule has 0 bridgehead atoms. The highest BCUT2D eigenvalue weighted by Gasteiger charge is 2.25. The van der Waals surface area contributed by atoms with Crippen LogP contribution in [0.4, 0.5) is 5.82 Å². The van der Waals surface area contributed by atoms with Crippen LogP contribution in [0.5, 0.6) is 5.75 Å². The Morgan fingerprint density at radius 2 is 1.84 bits per heavy atom. The van der Waals surface area contributed by atoms with Crippen LogP contribution < -0.4 is 15.4 Å². The van der Waals surface area contributed by atoms with Crippen molar-refractivity contribution >= 4 is 29.4 Å². The molecular formula is C24H26N4O3S. The molecule has 3 aromatic rings. The van der Waals surface area contributed by atoms with Gasteiger partial charge in [0, 0.05) is 29.2 Å². The van der Waals surface area contributed by atoms with Crippen LogP contribution in [0.3, 0.4) is 0 Å². The smallest absolute Gasteiger partial charge is 0.256 e. The summed E-state index contributed by atoms with van der Waals surface area (Å²) < 4.78 is 7.24. The van der Waals surface area contributed by atoms with Crippen LogP contribution in [0.25, 0.3) is 0 Å². The average Bonchev–Trinajstić information content (AvgIpc) is 3.35. The summed E-state index contributed by atoms with van der Waals surface area (Å²) in [5.74, 6) is 2.44. The van der Waals surface area contributed by atoms with Gasteiger partial charge < -0.3 is 15.4 Å². The maximum atomic E-state index is 12.9. The van der Waals surface area contributed by atoms with Crippen LogP contribution in [-0.4, -0.2) is 27.7 Å². The van der Waals surface area contributed by atoms with Gasteiger partial charge in [0.2, 0.25) is 5.91 Å². The number of ether oxygens (including phenoxy) is 1. The van der Waals surface area contributed by atoms with Gasteiger partial charge in [-0.2, -0.15) is 16.9 Å². The second kappa shape index (κ2) is 9.91. The molecule has 2 N–H and O–H groups in total. The predicted molar refractivity (Wildman–Crippen MR) is 126 cm³/mol. The molecule has 32 heavy (non-hydrogen) atoms. The van der Waals surface area contributed by atoms with E-state index in [9.17, 15) is 9.59 Å². The normalized spacial score (nSPS) is 12.5. The van der Waals surface area contributed by atoms with Gasteiger partial charge >= 0.3 is 0 Å². The van der Waals surface area contributed by atoms with Crippen LogP contribution in [0.2, 0.25) is 0 Å². The van der Waals surface area contributed by atoms with Crippen molar-refractivity contribution in [1.29, 1.82) is 0 Å². The van der Waals surface area contributed by atoms with Gasteiger partial charge in [-0.25, -0.2) is 4.68 Å². The number of benzene rings is 2. The van der Waals surface area contributed by atoms with E-state index in [1.54, 1.807) is 40.7 Å². The van der Waals surface area contributed by atoms with Gasteiger partial charge in [-0.3, -0.25) is 9.59 Å². The first-order chi connectivity index (χ1) is 15.5. The minimum atomic E-state index is -0.244. The number of amides is 2. The van der Waals surface area contributed by atoms with Gasteiger partial charge in [0.05, 0.1) is 11.8 Å². The van der Waals surface area contributed by atoms with Crippen molar-refractivity contribution < 1.29 is 14.3 Å². The number of fused-ring (bicyclic) bond motifs is 1. The number of aromatic nitrogens is 2. The number of nitrogens with one attached hydrogen (secondary N) is 2. The number of carbonyl (C=O) groups excluding carboxylic acids is 2. The van der Waals surface area contributed by atoms with E-state index in [1.165, 1.54) is 0 Å². The van der Waals surface area contributed by atoms with Gasteiger partial charge in [0.1, 0.15) is 18.1 Å². The Bertz CT molecular complexity index is 1090. The Balaban J connectivity index is 1.45. The van der Waals surface area contributed by atoms with Gasteiger partial charge in [-0.05, 0) is 43.7 Å². The molecular weight excluding hydrogens is 424 g/mol. The van der Waals surface area contributed by atoms with Crippen LogP contribution in [0, 0.1) is 0 Å². The van der Waals surface area contributed by atoms with E-state index in [4.69, 9.17) is 4.74 Å². The van der Waals surface area contributed by atoms with Crippen LogP contribution in [-0.2, 0) is 29.4 Å². The second-order valence-electron chi connectivity index (χ2n) is 7.83. The van der Waals surface area contributed by atoms with Crippen molar-refractivity contribution in [2.45, 2.75) is 44.5 Å². The minimum Gasteiger partial charge on any atom is -0.491 e. The van der Waals surface area contributed by atoms with Crippen LogP contribution in [0.15, 0.2) is 54.6 Å². The summed E-state index contributed by atoms with van der Waals surface area (Å²) in [7, 11) is 0. The monoisotopic (exact) mass is 450 g/mol. The third-order valence-corrected chi connectivity index (χ3v) is 5.94. The number of hydrogen-bond donors (Lipinski definition) is 2. The maximum absolute atomic E-state index is 12.9. The maximum Gasteiger partial charge on any atom is 0.256 e. The molecule has 0 saturated carbocycles. The van der Waals surface area contributed by atoms with Gasteiger partial charge in [-0.15, -0.1) is 0 Å². The van der Waals surface area contributed by atoms with E-state index in [0.717, 1.165) is 28.3 Å². The number of rotatable bonds is 8. The van der Waals surface area contributed by atoms with E-state index in [1.807, 2.05) is 44.2 Å². The van der Waals surface area contributed by atoms with Gasteiger partial charge in [-0.1, -0.05) is 30.3 Å². The first-order valence-corrected chi connectivity index (χ1v) is 11.7. The highest BCUT2D eigenvalue weighted by atomic mass is 32.2. The molecule has 0 unspecified atom stereocenters. The molecule has 2 aromatic carbocycles. The molecule has 8 heteroatoms. The third kappa shape index (κ3) is 5.31. The molecule has 1 aromatic heterocycles. The molecule has 4 rings (SSSR count). The lowest BCUT2D eigenvalue weighted by atomic mass is 10.2. The highest BCUT2D eigenvalue weighted by molar-refractivity contribution is 7.98. The Kier molecular flexibility index (Phi) is 6.80. The first-order valence-electron chi connectivity index (χ1n) is 10.5. The summed E-state index contributed by atoms with van der Waals surface area (Å²) in [5.41, 5.74) is 3.45. The number of carbonyl (C=O) groups is 2. The molecule has 0 saturated heterocycles. The second-order valence-corrected chi connectivity index (χ2v) is 8.82. The lowest BCUT2D eigenvalue weighted by Crippen LogP contribution is -2.28. The van der Waals surface area contributed by atoms with E-state index in [-0.39, 0.29) is 24.5 Å². The summed E-state index contributed by atoms with van der Waals surface area (Å²) in [5, 5.41) is 10.5. The fourth-order valence-corrected chi connectivity index (χ4v) is 4.48. The zero-order valence-corrected chi connectivity index (χ0v) is 18.9. The molecule has 1 aliphatic heterocycles. The number of nitrogens with zero attached hydrogens (tertiary/aromatic N) is 2. The number of anilines is 1. The minimum absolute atomic E-state index is 0.0429. The topological polar surface area (TPSA) is 85.2 Å². The SMILES string of the molecule is CC(C)Oc1ccc(C(=O)Nc2c3c(nn2CC(=O)NCc2ccccc2)CSC3)cc1. The average molecular weight is 451 g/mol. The standard InChI is InChI=1S/C24H26N4O3S/c1-16(2)31-19-10-8-18(9-11-19)24(30)26-23-20-14-32-15-21(20)27-28(23)13-22(29)25-12-17-6-4-3-5-7-17/h3-11,16H,12-15H2,1-2H3,(H,25,29)(H,26,30). The third-order valence-electron chi connectivity index (χ3n) is 4.97. The van der Waals surface area contributed by atoms with E-state index >= 15 is 0 Å². The molecule has 0 radical (unpaired) electrons. The van der Waals surface area contributed by atoms with Crippen molar-refractivity contribution in [3.8, 4) is 5.75 Å². The molecule has 166 valence electrons. The van der Waals surface area contributed by atoms with Crippen LogP contribution >= 0.6 is 11.8 Å². The Labute approximate surface area is 191 Å². The predicted octanol–water partition coefficient (Wildman–Crippen LogP) is 3.99. The Morgan fingerprint density at radius 3 is 2.56 bits per heavy atom. The molecule has 7 nitrogen and oxygen atoms in total. The molecule has 0 atom stereocenters.